The molecule has 126 valence electrons. The van der Waals surface area contributed by atoms with Gasteiger partial charge in [0.1, 0.15) is 5.66 Å². The molecule has 0 aliphatic carbocycles. The zero-order valence-electron chi connectivity index (χ0n) is 11.4. The second-order valence-electron chi connectivity index (χ2n) is 5.16. The quantitative estimate of drug-likeness (QED) is 0.215. The number of carboxylic acids is 4. The Morgan fingerprint density at radius 2 is 1.00 bits per heavy atom. The van der Waals surface area contributed by atoms with Gasteiger partial charge in [0.05, 0.1) is 31.8 Å². The standard InChI is InChI=1S/C11H18N2O9/c12-11(13,4-8(20)21)9(22)10(1-5(14)15,2-6(16)17)3-7(18)19/h9,22H,1-4,12-13H2,(H,14,15)(H,16,17)(H,18,19)(H,20,21). The molecule has 11 nitrogen and oxygen atoms in total. The highest BCUT2D eigenvalue weighted by Gasteiger charge is 2.51. The number of aliphatic hydroxyl groups is 1. The van der Waals surface area contributed by atoms with Crippen molar-refractivity contribution < 1.29 is 44.7 Å². The van der Waals surface area contributed by atoms with Crippen LogP contribution >= 0.6 is 0 Å². The summed E-state index contributed by atoms with van der Waals surface area (Å²) in [6.07, 6.45) is -6.41. The van der Waals surface area contributed by atoms with Gasteiger partial charge < -0.3 is 37.0 Å². The molecule has 0 aliphatic rings. The highest BCUT2D eigenvalue weighted by Crippen LogP contribution is 2.39. The molecule has 0 aromatic heterocycles. The Kier molecular flexibility index (Phi) is 6.43. The molecule has 0 saturated heterocycles. The number of carboxylic acid groups (broad SMARTS) is 4. The molecule has 9 N–H and O–H groups in total. The molecule has 1 unspecified atom stereocenters. The van der Waals surface area contributed by atoms with Crippen molar-refractivity contribution in [2.24, 2.45) is 16.9 Å². The van der Waals surface area contributed by atoms with E-state index >= 15 is 0 Å². The maximum atomic E-state index is 10.9. The second-order valence-corrected chi connectivity index (χ2v) is 5.16. The van der Waals surface area contributed by atoms with Crippen LogP contribution in [0.2, 0.25) is 0 Å². The van der Waals surface area contributed by atoms with E-state index in [-0.39, 0.29) is 0 Å². The first-order chi connectivity index (χ1) is 9.82. The van der Waals surface area contributed by atoms with Crippen molar-refractivity contribution >= 4 is 23.9 Å². The number of rotatable bonds is 10. The molecule has 0 bridgehead atoms. The van der Waals surface area contributed by atoms with Crippen LogP contribution in [0.4, 0.5) is 0 Å². The SMILES string of the molecule is NC(N)(CC(=O)O)C(O)C(CC(=O)O)(CC(=O)O)CC(=O)O. The van der Waals surface area contributed by atoms with E-state index in [2.05, 4.69) is 0 Å². The summed E-state index contributed by atoms with van der Waals surface area (Å²) in [4.78, 5) is 43.5. The minimum Gasteiger partial charge on any atom is -0.481 e. The lowest BCUT2D eigenvalue weighted by Gasteiger charge is -2.42. The van der Waals surface area contributed by atoms with Crippen molar-refractivity contribution in [2.75, 3.05) is 0 Å². The molecular weight excluding hydrogens is 304 g/mol. The van der Waals surface area contributed by atoms with Crippen LogP contribution in [0.5, 0.6) is 0 Å². The zero-order chi connectivity index (χ0) is 17.7. The summed E-state index contributed by atoms with van der Waals surface area (Å²) in [5.41, 5.74) is 6.21. The van der Waals surface area contributed by atoms with Gasteiger partial charge in [0, 0.05) is 5.41 Å². The Hall–Kier alpha value is -2.24. The highest BCUT2D eigenvalue weighted by atomic mass is 16.4. The van der Waals surface area contributed by atoms with E-state index in [1.807, 2.05) is 0 Å². The van der Waals surface area contributed by atoms with E-state index in [0.29, 0.717) is 0 Å². The van der Waals surface area contributed by atoms with Gasteiger partial charge in [-0.15, -0.1) is 0 Å². The Bertz CT molecular complexity index is 433. The lowest BCUT2D eigenvalue weighted by molar-refractivity contribution is -0.157. The van der Waals surface area contributed by atoms with Crippen LogP contribution in [0.3, 0.4) is 0 Å². The van der Waals surface area contributed by atoms with Crippen molar-refractivity contribution in [3.05, 3.63) is 0 Å². The summed E-state index contributed by atoms with van der Waals surface area (Å²) < 4.78 is 0. The van der Waals surface area contributed by atoms with Gasteiger partial charge in [-0.25, -0.2) is 0 Å². The maximum absolute atomic E-state index is 10.9. The van der Waals surface area contributed by atoms with Gasteiger partial charge in [0.15, 0.2) is 0 Å². The van der Waals surface area contributed by atoms with E-state index in [1.165, 1.54) is 0 Å². The number of hydrogen-bond donors (Lipinski definition) is 7. The molecule has 0 aromatic rings. The van der Waals surface area contributed by atoms with Crippen molar-refractivity contribution in [1.29, 1.82) is 0 Å². The number of nitrogens with two attached hydrogens (primary N) is 2. The van der Waals surface area contributed by atoms with E-state index < -0.39 is 66.7 Å². The summed E-state index contributed by atoms with van der Waals surface area (Å²) >= 11 is 0. The molecule has 0 saturated carbocycles. The van der Waals surface area contributed by atoms with Crippen LogP contribution in [0, 0.1) is 5.41 Å². The predicted octanol–water partition coefficient (Wildman–Crippen LogP) is -2.15. The molecule has 22 heavy (non-hydrogen) atoms. The smallest absolute Gasteiger partial charge is 0.306 e. The largest absolute Gasteiger partial charge is 0.481 e. The molecule has 0 rings (SSSR count). The van der Waals surface area contributed by atoms with E-state index in [9.17, 15) is 24.3 Å². The molecule has 0 spiro atoms. The lowest BCUT2D eigenvalue weighted by Crippen LogP contribution is -2.66. The average molecular weight is 322 g/mol. The topological polar surface area (TPSA) is 221 Å². The fourth-order valence-corrected chi connectivity index (χ4v) is 2.31. The van der Waals surface area contributed by atoms with Gasteiger partial charge >= 0.3 is 23.9 Å². The van der Waals surface area contributed by atoms with Gasteiger partial charge in [-0.2, -0.15) is 0 Å². The molecule has 0 radical (unpaired) electrons. The predicted molar refractivity (Wildman–Crippen MR) is 68.6 cm³/mol. The molecule has 0 amide bonds. The van der Waals surface area contributed by atoms with E-state index in [4.69, 9.17) is 31.9 Å². The first-order valence-electron chi connectivity index (χ1n) is 5.95. The molecule has 0 aromatic carbocycles. The van der Waals surface area contributed by atoms with Gasteiger partial charge in [-0.05, 0) is 0 Å². The fourth-order valence-electron chi connectivity index (χ4n) is 2.31. The Morgan fingerprint density at radius 3 is 1.23 bits per heavy atom. The summed E-state index contributed by atoms with van der Waals surface area (Å²) in [5, 5.41) is 45.5. The van der Waals surface area contributed by atoms with Crippen molar-refractivity contribution in [2.45, 2.75) is 37.5 Å². The molecule has 11 heteroatoms. The van der Waals surface area contributed by atoms with Crippen LogP contribution in [0.15, 0.2) is 0 Å². The van der Waals surface area contributed by atoms with Gasteiger partial charge in [0.2, 0.25) is 0 Å². The minimum absolute atomic E-state index is 1.02. The molecule has 1 atom stereocenters. The second kappa shape index (κ2) is 7.15. The molecular formula is C11H18N2O9. The minimum atomic E-state index is -2.41. The summed E-state index contributed by atoms with van der Waals surface area (Å²) in [5.74, 6) is -6.30. The Balaban J connectivity index is 5.86. The highest BCUT2D eigenvalue weighted by molar-refractivity contribution is 5.76. The third-order valence-electron chi connectivity index (χ3n) is 3.06. The normalized spacial score (nSPS) is 13.4. The van der Waals surface area contributed by atoms with Gasteiger partial charge in [-0.1, -0.05) is 0 Å². The number of aliphatic carboxylic acids is 4. The molecule has 0 fully saturated rings. The lowest BCUT2D eigenvalue weighted by atomic mass is 9.68. The van der Waals surface area contributed by atoms with Crippen molar-refractivity contribution in [3.8, 4) is 0 Å². The van der Waals surface area contributed by atoms with Gasteiger partial charge in [-0.3, -0.25) is 19.2 Å². The number of aliphatic hydroxyl groups excluding tert-OH is 1. The van der Waals surface area contributed by atoms with E-state index in [1.54, 1.807) is 0 Å². The zero-order valence-corrected chi connectivity index (χ0v) is 11.4. The number of hydrogen-bond acceptors (Lipinski definition) is 7. The van der Waals surface area contributed by atoms with Gasteiger partial charge in [0.25, 0.3) is 0 Å². The third-order valence-corrected chi connectivity index (χ3v) is 3.06. The average Bonchev–Trinajstić information content (AvgIpc) is 2.22. The summed E-state index contributed by atoms with van der Waals surface area (Å²) in [7, 11) is 0. The van der Waals surface area contributed by atoms with E-state index in [0.717, 1.165) is 0 Å². The van der Waals surface area contributed by atoms with Crippen LogP contribution in [-0.4, -0.2) is 61.2 Å². The van der Waals surface area contributed by atoms with Crippen LogP contribution in [0.25, 0.3) is 0 Å². The van der Waals surface area contributed by atoms with Crippen molar-refractivity contribution in [1.82, 2.24) is 0 Å². The van der Waals surface area contributed by atoms with Crippen LogP contribution in [0.1, 0.15) is 25.7 Å². The maximum Gasteiger partial charge on any atom is 0.306 e. The monoisotopic (exact) mass is 322 g/mol. The third kappa shape index (κ3) is 5.63. The first-order valence-corrected chi connectivity index (χ1v) is 5.95. The summed E-state index contributed by atoms with van der Waals surface area (Å²) in [6, 6.07) is 0. The summed E-state index contributed by atoms with van der Waals surface area (Å²) in [6.45, 7) is 0. The van der Waals surface area contributed by atoms with Crippen LogP contribution < -0.4 is 11.5 Å². The first kappa shape index (κ1) is 19.8. The van der Waals surface area contributed by atoms with Crippen molar-refractivity contribution in [3.63, 3.8) is 0 Å². The fraction of sp³-hybridized carbons (Fsp3) is 0.636. The van der Waals surface area contributed by atoms with Crippen LogP contribution in [-0.2, 0) is 19.2 Å². The Labute approximate surface area is 124 Å². The number of carbonyl (C=O) groups is 4. The Morgan fingerprint density at radius 1 is 0.727 bits per heavy atom. The molecule has 0 heterocycles. The molecule has 0 aliphatic heterocycles.